The van der Waals surface area contributed by atoms with E-state index in [1.165, 1.54) is 16.0 Å². The zero-order valence-electron chi connectivity index (χ0n) is 15.8. The fourth-order valence-electron chi connectivity index (χ4n) is 2.74. The maximum atomic E-state index is 4.46. The normalized spacial score (nSPS) is 11.1. The van der Waals surface area contributed by atoms with Gasteiger partial charge >= 0.3 is 0 Å². The van der Waals surface area contributed by atoms with Crippen LogP contribution in [0.15, 0.2) is 48.0 Å². The second kappa shape index (κ2) is 10.4. The standard InChI is InChI=1S/C19H24N6S.HI/c1-14-18(26-15(2)24-14)11-23-19(20-3)22-10-16-5-4-6-17(9-16)12-25-8-7-21-13-25;/h4-9,13H,10-12H2,1-3H3,(H2,20,22,23);1H. The zero-order chi connectivity index (χ0) is 18.4. The van der Waals surface area contributed by atoms with Crippen LogP contribution in [0.2, 0.25) is 0 Å². The number of halogens is 1. The van der Waals surface area contributed by atoms with E-state index in [0.29, 0.717) is 0 Å². The molecule has 0 saturated heterocycles. The van der Waals surface area contributed by atoms with Gasteiger partial charge in [0, 0.05) is 37.4 Å². The average molecular weight is 496 g/mol. The molecular weight excluding hydrogens is 471 g/mol. The van der Waals surface area contributed by atoms with E-state index in [9.17, 15) is 0 Å². The first-order chi connectivity index (χ1) is 12.6. The molecule has 0 unspecified atom stereocenters. The smallest absolute Gasteiger partial charge is 0.191 e. The van der Waals surface area contributed by atoms with E-state index in [2.05, 4.69) is 54.4 Å². The van der Waals surface area contributed by atoms with Crippen LogP contribution in [0.1, 0.15) is 26.7 Å². The minimum Gasteiger partial charge on any atom is -0.352 e. The van der Waals surface area contributed by atoms with Crippen molar-refractivity contribution in [3.8, 4) is 0 Å². The molecule has 3 rings (SSSR count). The van der Waals surface area contributed by atoms with Gasteiger partial charge in [-0.1, -0.05) is 24.3 Å². The molecule has 0 aliphatic carbocycles. The molecule has 0 aliphatic rings. The maximum absolute atomic E-state index is 4.46. The van der Waals surface area contributed by atoms with Gasteiger partial charge in [-0.3, -0.25) is 4.99 Å². The van der Waals surface area contributed by atoms with Crippen LogP contribution in [-0.2, 0) is 19.6 Å². The fraction of sp³-hybridized carbons (Fsp3) is 0.316. The van der Waals surface area contributed by atoms with E-state index in [4.69, 9.17) is 0 Å². The highest BCUT2D eigenvalue weighted by Gasteiger charge is 2.06. The van der Waals surface area contributed by atoms with Crippen LogP contribution in [0.4, 0.5) is 0 Å². The number of guanidine groups is 1. The summed E-state index contributed by atoms with van der Waals surface area (Å²) in [6, 6.07) is 8.54. The molecule has 6 nitrogen and oxygen atoms in total. The number of hydrogen-bond acceptors (Lipinski definition) is 4. The molecule has 0 fully saturated rings. The predicted octanol–water partition coefficient (Wildman–Crippen LogP) is 3.49. The van der Waals surface area contributed by atoms with Crippen LogP contribution in [0, 0.1) is 13.8 Å². The molecule has 27 heavy (non-hydrogen) atoms. The van der Waals surface area contributed by atoms with Gasteiger partial charge in [0.1, 0.15) is 0 Å². The Bertz CT molecular complexity index is 872. The summed E-state index contributed by atoms with van der Waals surface area (Å²) in [5.41, 5.74) is 3.55. The second-order valence-electron chi connectivity index (χ2n) is 6.08. The van der Waals surface area contributed by atoms with E-state index in [1.54, 1.807) is 24.6 Å². The van der Waals surface area contributed by atoms with Crippen molar-refractivity contribution in [3.05, 3.63) is 69.7 Å². The van der Waals surface area contributed by atoms with Crippen molar-refractivity contribution in [1.29, 1.82) is 0 Å². The summed E-state index contributed by atoms with van der Waals surface area (Å²) in [6.45, 7) is 6.36. The Morgan fingerprint density at radius 1 is 1.19 bits per heavy atom. The lowest BCUT2D eigenvalue weighted by Crippen LogP contribution is -2.36. The van der Waals surface area contributed by atoms with E-state index < -0.39 is 0 Å². The molecule has 0 radical (unpaired) electrons. The van der Waals surface area contributed by atoms with Gasteiger partial charge in [-0.15, -0.1) is 35.3 Å². The summed E-state index contributed by atoms with van der Waals surface area (Å²) in [5.74, 6) is 0.787. The van der Waals surface area contributed by atoms with Crippen molar-refractivity contribution in [3.63, 3.8) is 0 Å². The number of nitrogens with zero attached hydrogens (tertiary/aromatic N) is 4. The number of rotatable bonds is 6. The van der Waals surface area contributed by atoms with Crippen LogP contribution >= 0.6 is 35.3 Å². The molecule has 0 spiro atoms. The van der Waals surface area contributed by atoms with Crippen molar-refractivity contribution in [2.75, 3.05) is 7.05 Å². The van der Waals surface area contributed by atoms with Gasteiger partial charge in [0.15, 0.2) is 5.96 Å². The van der Waals surface area contributed by atoms with E-state index in [-0.39, 0.29) is 24.0 Å². The van der Waals surface area contributed by atoms with Crippen molar-refractivity contribution in [2.45, 2.75) is 33.5 Å². The first-order valence-corrected chi connectivity index (χ1v) is 9.36. The highest BCUT2D eigenvalue weighted by atomic mass is 127. The SMILES string of the molecule is CN=C(NCc1cccc(Cn2ccnc2)c1)NCc1sc(C)nc1C.I. The lowest BCUT2D eigenvalue weighted by molar-refractivity contribution is 0.787. The summed E-state index contributed by atoms with van der Waals surface area (Å²) in [5, 5.41) is 7.82. The van der Waals surface area contributed by atoms with Crippen molar-refractivity contribution in [2.24, 2.45) is 4.99 Å². The van der Waals surface area contributed by atoms with Gasteiger partial charge in [0.2, 0.25) is 0 Å². The van der Waals surface area contributed by atoms with E-state index in [0.717, 1.165) is 36.3 Å². The molecule has 2 N–H and O–H groups in total. The number of aryl methyl sites for hydroxylation is 2. The molecule has 0 bridgehead atoms. The largest absolute Gasteiger partial charge is 0.352 e. The van der Waals surface area contributed by atoms with Crippen LogP contribution in [0.3, 0.4) is 0 Å². The third-order valence-corrected chi connectivity index (χ3v) is 5.09. The fourth-order valence-corrected chi connectivity index (χ4v) is 3.61. The van der Waals surface area contributed by atoms with Gasteiger partial charge in [-0.2, -0.15) is 0 Å². The summed E-state index contributed by atoms with van der Waals surface area (Å²) in [6.07, 6.45) is 5.60. The zero-order valence-corrected chi connectivity index (χ0v) is 18.9. The Balaban J connectivity index is 0.00000261. The molecule has 1 aromatic carbocycles. The number of benzene rings is 1. The molecule has 2 aromatic heterocycles. The summed E-state index contributed by atoms with van der Waals surface area (Å²) >= 11 is 1.72. The van der Waals surface area contributed by atoms with Crippen LogP contribution in [-0.4, -0.2) is 27.5 Å². The molecule has 8 heteroatoms. The van der Waals surface area contributed by atoms with Crippen LogP contribution in [0.5, 0.6) is 0 Å². The molecule has 3 aromatic rings. The summed E-state index contributed by atoms with van der Waals surface area (Å²) in [7, 11) is 1.79. The summed E-state index contributed by atoms with van der Waals surface area (Å²) in [4.78, 5) is 14.1. The average Bonchev–Trinajstić information content (AvgIpc) is 3.25. The van der Waals surface area contributed by atoms with Crippen molar-refractivity contribution >= 4 is 41.3 Å². The van der Waals surface area contributed by atoms with Gasteiger partial charge in [0.25, 0.3) is 0 Å². The molecule has 144 valence electrons. The molecule has 0 saturated carbocycles. The quantitative estimate of drug-likeness (QED) is 0.312. The molecule has 0 atom stereocenters. The Hall–Kier alpha value is -1.94. The molecule has 2 heterocycles. The third kappa shape index (κ3) is 6.31. The van der Waals surface area contributed by atoms with Crippen LogP contribution < -0.4 is 10.6 Å². The number of nitrogens with one attached hydrogen (secondary N) is 2. The minimum atomic E-state index is 0. The van der Waals surface area contributed by atoms with E-state index in [1.807, 2.05) is 26.4 Å². The Labute approximate surface area is 181 Å². The predicted molar refractivity (Wildman–Crippen MR) is 122 cm³/mol. The van der Waals surface area contributed by atoms with E-state index >= 15 is 0 Å². The van der Waals surface area contributed by atoms with Gasteiger partial charge in [-0.25, -0.2) is 9.97 Å². The van der Waals surface area contributed by atoms with Crippen LogP contribution in [0.25, 0.3) is 0 Å². The Morgan fingerprint density at radius 3 is 2.63 bits per heavy atom. The lowest BCUT2D eigenvalue weighted by Gasteiger charge is -2.12. The molecule has 0 amide bonds. The monoisotopic (exact) mass is 496 g/mol. The highest BCUT2D eigenvalue weighted by Crippen LogP contribution is 2.16. The first kappa shape index (κ1) is 21.4. The van der Waals surface area contributed by atoms with Crippen molar-refractivity contribution in [1.82, 2.24) is 25.2 Å². The van der Waals surface area contributed by atoms with Gasteiger partial charge in [0.05, 0.1) is 23.6 Å². The Kier molecular flexibility index (Phi) is 8.23. The number of imidazole rings is 1. The third-order valence-electron chi connectivity index (χ3n) is 4.02. The number of thiazole rings is 1. The molecule has 0 aliphatic heterocycles. The van der Waals surface area contributed by atoms with Gasteiger partial charge in [-0.05, 0) is 25.0 Å². The number of hydrogen-bond donors (Lipinski definition) is 2. The topological polar surface area (TPSA) is 67.1 Å². The lowest BCUT2D eigenvalue weighted by atomic mass is 10.1. The number of aliphatic imine (C=N–C) groups is 1. The summed E-state index contributed by atoms with van der Waals surface area (Å²) < 4.78 is 2.06. The van der Waals surface area contributed by atoms with Crippen molar-refractivity contribution < 1.29 is 0 Å². The highest BCUT2D eigenvalue weighted by molar-refractivity contribution is 14.0. The second-order valence-corrected chi connectivity index (χ2v) is 7.36. The van der Waals surface area contributed by atoms with Gasteiger partial charge < -0.3 is 15.2 Å². The molecular formula is C19H25IN6S. The minimum absolute atomic E-state index is 0. The first-order valence-electron chi connectivity index (χ1n) is 8.55. The Morgan fingerprint density at radius 2 is 1.96 bits per heavy atom. The number of aromatic nitrogens is 3. The maximum Gasteiger partial charge on any atom is 0.191 e.